The van der Waals surface area contributed by atoms with Crippen molar-refractivity contribution >= 4 is 0 Å². The topological polar surface area (TPSA) is 50.7 Å². The zero-order valence-corrected chi connectivity index (χ0v) is 13.1. The highest BCUT2D eigenvalue weighted by Crippen LogP contribution is 2.24. The molecule has 1 aromatic carbocycles. The molecule has 1 atom stereocenters. The number of nitrogens with one attached hydrogen (secondary N) is 1. The molecule has 4 heteroatoms. The van der Waals surface area contributed by atoms with Gasteiger partial charge in [0.2, 0.25) is 0 Å². The van der Waals surface area contributed by atoms with E-state index in [1.165, 1.54) is 12.8 Å². The lowest BCUT2D eigenvalue weighted by Crippen LogP contribution is -2.47. The maximum atomic E-state index is 9.56. The molecule has 0 amide bonds. The molecule has 2 rings (SSSR count). The average molecular weight is 293 g/mol. The van der Waals surface area contributed by atoms with E-state index in [2.05, 4.69) is 12.2 Å². The predicted molar refractivity (Wildman–Crippen MR) is 83.5 cm³/mol. The summed E-state index contributed by atoms with van der Waals surface area (Å²) >= 11 is 0. The number of hydrogen-bond donors (Lipinski definition) is 2. The summed E-state index contributed by atoms with van der Waals surface area (Å²) in [4.78, 5) is 0. The lowest BCUT2D eigenvalue weighted by molar-refractivity contribution is 0.154. The molecule has 1 fully saturated rings. The van der Waals surface area contributed by atoms with Gasteiger partial charge in [-0.15, -0.1) is 0 Å². The Kier molecular flexibility index (Phi) is 6.03. The van der Waals surface area contributed by atoms with E-state index < -0.39 is 0 Å². The van der Waals surface area contributed by atoms with Gasteiger partial charge < -0.3 is 19.9 Å². The molecule has 0 spiro atoms. The van der Waals surface area contributed by atoms with Crippen molar-refractivity contribution in [3.8, 4) is 5.75 Å². The minimum absolute atomic E-state index is 0.173. The molecule has 0 aliphatic heterocycles. The van der Waals surface area contributed by atoms with Gasteiger partial charge in [-0.1, -0.05) is 12.1 Å². The van der Waals surface area contributed by atoms with Crippen molar-refractivity contribution in [2.45, 2.75) is 50.8 Å². The van der Waals surface area contributed by atoms with E-state index in [0.717, 1.165) is 24.2 Å². The molecule has 0 aromatic heterocycles. The van der Waals surface area contributed by atoms with Gasteiger partial charge in [0.1, 0.15) is 5.75 Å². The van der Waals surface area contributed by atoms with Crippen LogP contribution in [0.2, 0.25) is 0 Å². The Morgan fingerprint density at radius 1 is 1.38 bits per heavy atom. The zero-order valence-electron chi connectivity index (χ0n) is 13.1. The van der Waals surface area contributed by atoms with Gasteiger partial charge in [0, 0.05) is 18.7 Å². The second kappa shape index (κ2) is 7.78. The number of benzene rings is 1. The fourth-order valence-corrected chi connectivity index (χ4v) is 2.46. The highest BCUT2D eigenvalue weighted by Gasteiger charge is 2.31. The quantitative estimate of drug-likeness (QED) is 0.651. The molecule has 1 aromatic rings. The minimum Gasteiger partial charge on any atom is -0.494 e. The van der Waals surface area contributed by atoms with Crippen molar-refractivity contribution in [1.82, 2.24) is 5.32 Å². The highest BCUT2D eigenvalue weighted by atomic mass is 16.5. The number of aliphatic hydroxyl groups excluding tert-OH is 1. The van der Waals surface area contributed by atoms with Crippen molar-refractivity contribution in [3.63, 3.8) is 0 Å². The van der Waals surface area contributed by atoms with Gasteiger partial charge in [0.05, 0.1) is 19.8 Å². The maximum Gasteiger partial charge on any atom is 0.119 e. The standard InChI is InChI=1S/C17H27NO3/c1-17(13-19,18-15-7-8-15)9-4-10-21-16-6-3-5-14(11-16)12-20-2/h3,5-6,11,15,18-19H,4,7-10,12-13H2,1-2H3. The normalized spacial score (nSPS) is 17.5. The third kappa shape index (κ3) is 5.65. The van der Waals surface area contributed by atoms with Crippen LogP contribution >= 0.6 is 0 Å². The molecule has 1 unspecified atom stereocenters. The fourth-order valence-electron chi connectivity index (χ4n) is 2.46. The van der Waals surface area contributed by atoms with Crippen LogP contribution < -0.4 is 10.1 Å². The van der Waals surface area contributed by atoms with E-state index in [1.807, 2.05) is 24.3 Å². The van der Waals surface area contributed by atoms with E-state index in [9.17, 15) is 5.11 Å². The largest absolute Gasteiger partial charge is 0.494 e. The lowest BCUT2D eigenvalue weighted by atomic mass is 9.97. The third-order valence-corrected chi connectivity index (χ3v) is 3.83. The van der Waals surface area contributed by atoms with Crippen molar-refractivity contribution in [2.24, 2.45) is 0 Å². The average Bonchev–Trinajstić information content (AvgIpc) is 3.28. The monoisotopic (exact) mass is 293 g/mol. The van der Waals surface area contributed by atoms with Gasteiger partial charge in [0.15, 0.2) is 0 Å². The van der Waals surface area contributed by atoms with E-state index >= 15 is 0 Å². The Morgan fingerprint density at radius 2 is 2.19 bits per heavy atom. The summed E-state index contributed by atoms with van der Waals surface area (Å²) in [5.41, 5.74) is 0.938. The number of aliphatic hydroxyl groups is 1. The van der Waals surface area contributed by atoms with Crippen LogP contribution in [0.15, 0.2) is 24.3 Å². The Morgan fingerprint density at radius 3 is 2.86 bits per heavy atom. The van der Waals surface area contributed by atoms with Gasteiger partial charge in [0.25, 0.3) is 0 Å². The molecule has 118 valence electrons. The van der Waals surface area contributed by atoms with Gasteiger partial charge in [-0.05, 0) is 50.3 Å². The van der Waals surface area contributed by atoms with Crippen molar-refractivity contribution in [1.29, 1.82) is 0 Å². The summed E-state index contributed by atoms with van der Waals surface area (Å²) in [6.07, 6.45) is 4.31. The number of rotatable bonds is 10. The molecule has 4 nitrogen and oxygen atoms in total. The van der Waals surface area contributed by atoms with Crippen molar-refractivity contribution in [3.05, 3.63) is 29.8 Å². The molecular weight excluding hydrogens is 266 g/mol. The maximum absolute atomic E-state index is 9.56. The summed E-state index contributed by atoms with van der Waals surface area (Å²) in [5.74, 6) is 0.880. The molecule has 0 heterocycles. The Hall–Kier alpha value is -1.10. The molecular formula is C17H27NO3. The molecule has 1 aliphatic carbocycles. The van der Waals surface area contributed by atoms with Gasteiger partial charge in [-0.3, -0.25) is 0 Å². The number of ether oxygens (including phenoxy) is 2. The zero-order chi connectivity index (χ0) is 15.1. The summed E-state index contributed by atoms with van der Waals surface area (Å²) in [7, 11) is 1.69. The van der Waals surface area contributed by atoms with Gasteiger partial charge >= 0.3 is 0 Å². The van der Waals surface area contributed by atoms with Crippen LogP contribution in [0.1, 0.15) is 38.2 Å². The van der Waals surface area contributed by atoms with E-state index in [1.54, 1.807) is 7.11 Å². The number of hydrogen-bond acceptors (Lipinski definition) is 4. The molecule has 0 saturated heterocycles. The minimum atomic E-state index is -0.178. The van der Waals surface area contributed by atoms with Crippen LogP contribution in [-0.4, -0.2) is 37.0 Å². The van der Waals surface area contributed by atoms with Crippen LogP contribution in [0.25, 0.3) is 0 Å². The molecule has 0 bridgehead atoms. The summed E-state index contributed by atoms with van der Waals surface area (Å²) in [6, 6.07) is 8.59. The second-order valence-electron chi connectivity index (χ2n) is 6.17. The fraction of sp³-hybridized carbons (Fsp3) is 0.647. The van der Waals surface area contributed by atoms with Crippen molar-refractivity contribution in [2.75, 3.05) is 20.3 Å². The first kappa shape index (κ1) is 16.3. The van der Waals surface area contributed by atoms with Crippen LogP contribution in [0.4, 0.5) is 0 Å². The first-order chi connectivity index (χ1) is 10.1. The number of methoxy groups -OCH3 is 1. The second-order valence-corrected chi connectivity index (χ2v) is 6.17. The lowest BCUT2D eigenvalue weighted by Gasteiger charge is -2.29. The van der Waals surface area contributed by atoms with Gasteiger partial charge in [-0.25, -0.2) is 0 Å². The molecule has 1 saturated carbocycles. The Bertz CT molecular complexity index is 434. The van der Waals surface area contributed by atoms with Crippen LogP contribution in [0, 0.1) is 0 Å². The van der Waals surface area contributed by atoms with Crippen LogP contribution in [0.5, 0.6) is 5.75 Å². The molecule has 0 radical (unpaired) electrons. The molecule has 1 aliphatic rings. The first-order valence-electron chi connectivity index (χ1n) is 7.74. The Labute approximate surface area is 127 Å². The first-order valence-corrected chi connectivity index (χ1v) is 7.74. The summed E-state index contributed by atoms with van der Waals surface area (Å²) in [6.45, 7) is 3.53. The van der Waals surface area contributed by atoms with Crippen LogP contribution in [-0.2, 0) is 11.3 Å². The Balaban J connectivity index is 1.71. The SMILES string of the molecule is COCc1cccc(OCCCC(C)(CO)NC2CC2)c1. The predicted octanol–water partition coefficient (Wildman–Crippen LogP) is 2.50. The smallest absolute Gasteiger partial charge is 0.119 e. The summed E-state index contributed by atoms with van der Waals surface area (Å²) < 4.78 is 10.9. The van der Waals surface area contributed by atoms with E-state index in [-0.39, 0.29) is 12.1 Å². The van der Waals surface area contributed by atoms with Gasteiger partial charge in [-0.2, -0.15) is 0 Å². The van der Waals surface area contributed by atoms with Crippen molar-refractivity contribution < 1.29 is 14.6 Å². The third-order valence-electron chi connectivity index (χ3n) is 3.83. The molecule has 2 N–H and O–H groups in total. The van der Waals surface area contributed by atoms with Crippen LogP contribution in [0.3, 0.4) is 0 Å². The van der Waals surface area contributed by atoms with E-state index in [0.29, 0.717) is 19.3 Å². The summed E-state index contributed by atoms with van der Waals surface area (Å²) in [5, 5.41) is 13.1. The van der Waals surface area contributed by atoms with E-state index in [4.69, 9.17) is 9.47 Å². The highest BCUT2D eigenvalue weighted by molar-refractivity contribution is 5.28. The molecule has 21 heavy (non-hydrogen) atoms.